The quantitative estimate of drug-likeness (QED) is 0.246. The molecule has 38 heavy (non-hydrogen) atoms. The van der Waals surface area contributed by atoms with E-state index in [9.17, 15) is 23.1 Å². The normalized spacial score (nSPS) is 13.9. The third-order valence-electron chi connectivity index (χ3n) is 6.44. The number of fused-ring (bicyclic) bond motifs is 1. The molecule has 0 radical (unpaired) electrons. The van der Waals surface area contributed by atoms with E-state index in [0.717, 1.165) is 11.1 Å². The van der Waals surface area contributed by atoms with Gasteiger partial charge in [-0.25, -0.2) is 8.42 Å². The topological polar surface area (TPSA) is 116 Å². The fourth-order valence-electron chi connectivity index (χ4n) is 4.67. The number of rotatable bonds is 7. The van der Waals surface area contributed by atoms with Gasteiger partial charge in [-0.3, -0.25) is 9.59 Å². The highest BCUT2D eigenvalue weighted by Crippen LogP contribution is 2.38. The highest BCUT2D eigenvalue weighted by atomic mass is 35.5. The van der Waals surface area contributed by atoms with Crippen molar-refractivity contribution in [3.8, 4) is 11.1 Å². The van der Waals surface area contributed by atoms with Crippen LogP contribution in [0.15, 0.2) is 82.6 Å². The van der Waals surface area contributed by atoms with E-state index in [2.05, 4.69) is 10.3 Å². The van der Waals surface area contributed by atoms with E-state index >= 15 is 0 Å². The number of aryl methyl sites for hydroxylation is 1. The lowest BCUT2D eigenvalue weighted by molar-refractivity contribution is -0.137. The van der Waals surface area contributed by atoms with Crippen molar-refractivity contribution < 1.29 is 23.1 Å². The molecule has 3 N–H and O–H groups in total. The summed E-state index contributed by atoms with van der Waals surface area (Å²) < 4.78 is 27.3. The number of sulfone groups is 1. The van der Waals surface area contributed by atoms with E-state index in [1.165, 1.54) is 24.3 Å². The van der Waals surface area contributed by atoms with Crippen molar-refractivity contribution in [3.63, 3.8) is 0 Å². The number of carbonyl (C=O) groups excluding carboxylic acids is 1. The Morgan fingerprint density at radius 2 is 1.71 bits per heavy atom. The van der Waals surface area contributed by atoms with Gasteiger partial charge in [0.25, 0.3) is 5.91 Å². The zero-order chi connectivity index (χ0) is 27.0. The number of halogens is 1. The average molecular weight is 547 g/mol. The molecule has 2 heterocycles. The summed E-state index contributed by atoms with van der Waals surface area (Å²) in [5.41, 5.74) is 4.62. The lowest BCUT2D eigenvalue weighted by Crippen LogP contribution is -2.08. The Hall–Kier alpha value is -4.14. The standard InChI is InChI=1S/C29H23ClN2O5S/c1-17-28(38(36,37)21-10-8-20(30)9-11-21)22(12-14-27(33)34)26(31-17)16-24-23-15-19(18-5-3-2-4-6-18)7-13-25(23)32-29(24)35/h2-11,13,15-16,31H,12,14H2,1H3,(H,32,35)(H,33,34). The third kappa shape index (κ3) is 4.76. The molecule has 1 aliphatic rings. The molecule has 192 valence electrons. The largest absolute Gasteiger partial charge is 0.481 e. The van der Waals surface area contributed by atoms with Gasteiger partial charge >= 0.3 is 5.97 Å². The molecule has 0 unspecified atom stereocenters. The molecular formula is C29H23ClN2O5S. The summed E-state index contributed by atoms with van der Waals surface area (Å²) in [4.78, 5) is 27.6. The highest BCUT2D eigenvalue weighted by molar-refractivity contribution is 7.91. The molecule has 0 aliphatic carbocycles. The van der Waals surface area contributed by atoms with Crippen LogP contribution in [0.4, 0.5) is 5.69 Å². The predicted molar refractivity (Wildman–Crippen MR) is 147 cm³/mol. The average Bonchev–Trinajstić information content (AvgIpc) is 3.38. The lowest BCUT2D eigenvalue weighted by atomic mass is 9.98. The van der Waals surface area contributed by atoms with Crippen LogP contribution in [0, 0.1) is 6.92 Å². The molecule has 0 spiro atoms. The zero-order valence-electron chi connectivity index (χ0n) is 20.3. The molecular weight excluding hydrogens is 524 g/mol. The fourth-order valence-corrected chi connectivity index (χ4v) is 6.51. The molecule has 5 rings (SSSR count). The van der Waals surface area contributed by atoms with Gasteiger partial charge in [0.15, 0.2) is 0 Å². The number of amides is 1. The summed E-state index contributed by atoms with van der Waals surface area (Å²) in [5, 5.41) is 12.6. The van der Waals surface area contributed by atoms with Gasteiger partial charge < -0.3 is 15.4 Å². The van der Waals surface area contributed by atoms with Crippen molar-refractivity contribution >= 4 is 50.7 Å². The molecule has 3 aromatic carbocycles. The van der Waals surface area contributed by atoms with Crippen LogP contribution in [-0.4, -0.2) is 30.4 Å². The van der Waals surface area contributed by atoms with Gasteiger partial charge in [0.1, 0.15) is 0 Å². The number of anilines is 1. The summed E-state index contributed by atoms with van der Waals surface area (Å²) in [6.07, 6.45) is 1.28. The molecule has 1 aliphatic heterocycles. The number of carbonyl (C=O) groups is 2. The van der Waals surface area contributed by atoms with E-state index in [-0.39, 0.29) is 28.5 Å². The van der Waals surface area contributed by atoms with Crippen molar-refractivity contribution in [2.24, 2.45) is 0 Å². The van der Waals surface area contributed by atoms with Crippen molar-refractivity contribution in [1.82, 2.24) is 4.98 Å². The molecule has 0 bridgehead atoms. The Kier molecular flexibility index (Phi) is 6.69. The molecule has 4 aromatic rings. The number of benzene rings is 3. The third-order valence-corrected chi connectivity index (χ3v) is 8.68. The Bertz CT molecular complexity index is 1710. The maximum atomic E-state index is 13.6. The first kappa shape index (κ1) is 25.5. The minimum atomic E-state index is -4.01. The van der Waals surface area contributed by atoms with Crippen molar-refractivity contribution in [2.45, 2.75) is 29.6 Å². The molecule has 0 atom stereocenters. The highest BCUT2D eigenvalue weighted by Gasteiger charge is 2.30. The second-order valence-corrected chi connectivity index (χ2v) is 11.3. The molecule has 0 saturated heterocycles. The Balaban J connectivity index is 1.65. The summed E-state index contributed by atoms with van der Waals surface area (Å²) in [5.74, 6) is -1.39. The number of carboxylic acids is 1. The first-order chi connectivity index (χ1) is 18.1. The SMILES string of the molecule is Cc1[nH]c(C=C2C(=O)Nc3ccc(-c4ccccc4)cc32)c(CCC(=O)O)c1S(=O)(=O)c1ccc(Cl)cc1. The molecule has 1 amide bonds. The maximum Gasteiger partial charge on any atom is 0.303 e. The Labute approximate surface area is 224 Å². The monoisotopic (exact) mass is 546 g/mol. The number of nitrogens with one attached hydrogen (secondary N) is 2. The van der Waals surface area contributed by atoms with Crippen LogP contribution >= 0.6 is 11.6 Å². The number of aliphatic carboxylic acids is 1. The minimum Gasteiger partial charge on any atom is -0.481 e. The van der Waals surface area contributed by atoms with Gasteiger partial charge in [-0.1, -0.05) is 48.0 Å². The number of carboxylic acid groups (broad SMARTS) is 1. The van der Waals surface area contributed by atoms with Crippen molar-refractivity contribution in [1.29, 1.82) is 0 Å². The van der Waals surface area contributed by atoms with E-state index < -0.39 is 15.8 Å². The van der Waals surface area contributed by atoms with Crippen molar-refractivity contribution in [2.75, 3.05) is 5.32 Å². The summed E-state index contributed by atoms with van der Waals surface area (Å²) in [7, 11) is -4.01. The molecule has 1 aromatic heterocycles. The number of aromatic amines is 1. The lowest BCUT2D eigenvalue weighted by Gasteiger charge is -2.09. The van der Waals surface area contributed by atoms with Gasteiger partial charge in [0, 0.05) is 34.1 Å². The molecule has 0 fully saturated rings. The van der Waals surface area contributed by atoms with Crippen LogP contribution in [-0.2, 0) is 25.8 Å². The van der Waals surface area contributed by atoms with Crippen LogP contribution in [0.2, 0.25) is 5.02 Å². The van der Waals surface area contributed by atoms with Gasteiger partial charge in [-0.2, -0.15) is 0 Å². The number of hydrogen-bond donors (Lipinski definition) is 3. The Morgan fingerprint density at radius 3 is 2.39 bits per heavy atom. The van der Waals surface area contributed by atoms with E-state index in [1.807, 2.05) is 48.5 Å². The second kappa shape index (κ2) is 9.96. The first-order valence-corrected chi connectivity index (χ1v) is 13.7. The maximum absolute atomic E-state index is 13.6. The number of aromatic nitrogens is 1. The summed E-state index contributed by atoms with van der Waals surface area (Å²) in [6.45, 7) is 1.62. The zero-order valence-corrected chi connectivity index (χ0v) is 21.9. The molecule has 0 saturated carbocycles. The predicted octanol–water partition coefficient (Wildman–Crippen LogP) is 5.99. The van der Waals surface area contributed by atoms with E-state index in [0.29, 0.717) is 38.8 Å². The van der Waals surface area contributed by atoms with Gasteiger partial charge in [0.05, 0.1) is 15.4 Å². The van der Waals surface area contributed by atoms with Crippen LogP contribution in [0.25, 0.3) is 22.8 Å². The fraction of sp³-hybridized carbons (Fsp3) is 0.103. The van der Waals surface area contributed by atoms with Gasteiger partial charge in [0.2, 0.25) is 9.84 Å². The number of H-pyrrole nitrogens is 1. The first-order valence-electron chi connectivity index (χ1n) is 11.8. The molecule has 9 heteroatoms. The van der Waals surface area contributed by atoms with Crippen LogP contribution < -0.4 is 5.32 Å². The van der Waals surface area contributed by atoms with Gasteiger partial charge in [-0.15, -0.1) is 0 Å². The second-order valence-electron chi connectivity index (χ2n) is 8.96. The van der Waals surface area contributed by atoms with E-state index in [1.54, 1.807) is 13.0 Å². The molecule has 7 nitrogen and oxygen atoms in total. The smallest absolute Gasteiger partial charge is 0.303 e. The van der Waals surface area contributed by atoms with Crippen LogP contribution in [0.5, 0.6) is 0 Å². The van der Waals surface area contributed by atoms with Gasteiger partial charge in [-0.05, 0) is 72.5 Å². The van der Waals surface area contributed by atoms with Crippen LogP contribution in [0.1, 0.15) is 28.9 Å². The van der Waals surface area contributed by atoms with Crippen molar-refractivity contribution in [3.05, 3.63) is 100 Å². The van der Waals surface area contributed by atoms with Crippen LogP contribution in [0.3, 0.4) is 0 Å². The summed E-state index contributed by atoms with van der Waals surface area (Å²) in [6, 6.07) is 21.2. The summed E-state index contributed by atoms with van der Waals surface area (Å²) >= 11 is 5.95. The number of hydrogen-bond acceptors (Lipinski definition) is 4. The van der Waals surface area contributed by atoms with E-state index in [4.69, 9.17) is 11.6 Å². The Morgan fingerprint density at radius 1 is 1.00 bits per heavy atom. The minimum absolute atomic E-state index is 0.00425.